The molecule has 0 aromatic heterocycles. The van der Waals surface area contributed by atoms with Crippen molar-refractivity contribution in [1.82, 2.24) is 21.3 Å². The zero-order chi connectivity index (χ0) is 27.5. The Kier molecular flexibility index (Phi) is 10.5. The van der Waals surface area contributed by atoms with Crippen LogP contribution in [0.25, 0.3) is 27.3 Å². The van der Waals surface area contributed by atoms with Gasteiger partial charge in [0.1, 0.15) is 0 Å². The molecule has 0 radical (unpaired) electrons. The fourth-order valence-corrected chi connectivity index (χ4v) is 6.22. The number of fused-ring (bicyclic) bond motifs is 2. The van der Waals surface area contributed by atoms with E-state index in [1.54, 1.807) is 12.1 Å². The van der Waals surface area contributed by atoms with Crippen LogP contribution in [0.4, 0.5) is 10.5 Å². The standard InChI is InChI=1S/C27H33N7O4S/c28-34-33-21-9-8-19-15-18(5-7-20(19)16-21)6-10-25(36)30-12-14-38-13-11-29-24(35)4-2-1-3-23-26-22(17-39-23)31-27(37)32-26/h5-10,15-16,22-23,26H,1-4,11-14,17H2,(H,29,35)(H,30,36)(H2,31,32,37)/b10-6+/t22-,23-,26-/m0/s1. The summed E-state index contributed by atoms with van der Waals surface area (Å²) in [6, 6.07) is 11.6. The second-order valence-electron chi connectivity index (χ2n) is 9.43. The second kappa shape index (κ2) is 14.4. The number of urea groups is 1. The first-order valence-electron chi connectivity index (χ1n) is 13.1. The maximum absolute atomic E-state index is 12.1. The van der Waals surface area contributed by atoms with Crippen LogP contribution < -0.4 is 21.3 Å². The molecule has 2 aromatic rings. The largest absolute Gasteiger partial charge is 0.378 e. The molecule has 2 saturated heterocycles. The highest BCUT2D eigenvalue weighted by Gasteiger charge is 2.42. The number of unbranched alkanes of at least 4 members (excludes halogenated alkanes) is 1. The maximum atomic E-state index is 12.1. The summed E-state index contributed by atoms with van der Waals surface area (Å²) in [5.74, 6) is 0.739. The van der Waals surface area contributed by atoms with Gasteiger partial charge in [-0.2, -0.15) is 11.8 Å². The van der Waals surface area contributed by atoms with E-state index in [1.165, 1.54) is 6.08 Å². The molecule has 0 saturated carbocycles. The lowest BCUT2D eigenvalue weighted by Crippen LogP contribution is -2.36. The van der Waals surface area contributed by atoms with Gasteiger partial charge < -0.3 is 26.0 Å². The molecule has 11 nitrogen and oxygen atoms in total. The molecule has 4 rings (SSSR count). The first kappa shape index (κ1) is 28.3. The third-order valence-electron chi connectivity index (χ3n) is 6.63. The van der Waals surface area contributed by atoms with E-state index in [1.807, 2.05) is 42.1 Å². The summed E-state index contributed by atoms with van der Waals surface area (Å²) < 4.78 is 5.49. The number of hydrogen-bond donors (Lipinski definition) is 4. The molecule has 2 aromatic carbocycles. The van der Waals surface area contributed by atoms with Crippen molar-refractivity contribution in [2.24, 2.45) is 5.11 Å². The van der Waals surface area contributed by atoms with E-state index in [0.717, 1.165) is 41.4 Å². The summed E-state index contributed by atoms with van der Waals surface area (Å²) in [6.07, 6.45) is 6.45. The van der Waals surface area contributed by atoms with Crippen molar-refractivity contribution in [3.05, 3.63) is 58.5 Å². The Hall–Kier alpha value is -3.73. The van der Waals surface area contributed by atoms with Crippen molar-refractivity contribution in [2.75, 3.05) is 32.1 Å². The van der Waals surface area contributed by atoms with Crippen LogP contribution in [0, 0.1) is 0 Å². The van der Waals surface area contributed by atoms with E-state index < -0.39 is 0 Å². The molecule has 0 unspecified atom stereocenters. The summed E-state index contributed by atoms with van der Waals surface area (Å²) >= 11 is 1.89. The predicted octanol–water partition coefficient (Wildman–Crippen LogP) is 3.77. The molecule has 2 aliphatic rings. The normalized spacial score (nSPS) is 19.8. The number of hydrogen-bond acceptors (Lipinski definition) is 6. The SMILES string of the molecule is [N-]=[N+]=Nc1ccc2cc(/C=C/C(=O)NCCOCCNC(=O)CCCC[C@@H]3SC[C@@H]4NC(=O)N[C@@H]43)ccc2c1. The number of carbonyl (C=O) groups excluding carboxylic acids is 3. The Labute approximate surface area is 231 Å². The summed E-state index contributed by atoms with van der Waals surface area (Å²) in [5.41, 5.74) is 9.99. The molecule has 2 heterocycles. The molecule has 0 spiro atoms. The van der Waals surface area contributed by atoms with Gasteiger partial charge in [-0.3, -0.25) is 9.59 Å². The average Bonchev–Trinajstić information content (AvgIpc) is 3.48. The van der Waals surface area contributed by atoms with Crippen LogP contribution in [-0.2, 0) is 14.3 Å². The Morgan fingerprint density at radius 2 is 1.90 bits per heavy atom. The summed E-state index contributed by atoms with van der Waals surface area (Å²) in [6.45, 7) is 1.53. The van der Waals surface area contributed by atoms with E-state index in [9.17, 15) is 14.4 Å². The minimum absolute atomic E-state index is 0.00892. The molecule has 12 heteroatoms. The van der Waals surface area contributed by atoms with Gasteiger partial charge in [0.15, 0.2) is 0 Å². The molecule has 3 atom stereocenters. The molecular weight excluding hydrogens is 518 g/mol. The molecule has 4 amide bonds. The highest BCUT2D eigenvalue weighted by molar-refractivity contribution is 8.00. The van der Waals surface area contributed by atoms with Crippen molar-refractivity contribution >= 4 is 52.1 Å². The minimum Gasteiger partial charge on any atom is -0.378 e. The van der Waals surface area contributed by atoms with Gasteiger partial charge in [0.25, 0.3) is 0 Å². The van der Waals surface area contributed by atoms with Gasteiger partial charge >= 0.3 is 6.03 Å². The number of thioether (sulfide) groups is 1. The minimum atomic E-state index is -0.219. The Bertz CT molecular complexity index is 1260. The second-order valence-corrected chi connectivity index (χ2v) is 10.7. The number of nitrogens with one attached hydrogen (secondary N) is 4. The molecule has 0 aliphatic carbocycles. The first-order valence-corrected chi connectivity index (χ1v) is 14.1. The Balaban J connectivity index is 1.01. The average molecular weight is 552 g/mol. The molecule has 206 valence electrons. The van der Waals surface area contributed by atoms with Crippen LogP contribution in [0.1, 0.15) is 31.2 Å². The van der Waals surface area contributed by atoms with Crippen LogP contribution >= 0.6 is 11.8 Å². The topological polar surface area (TPSA) is 157 Å². The number of ether oxygens (including phenoxy) is 1. The summed E-state index contributed by atoms with van der Waals surface area (Å²) in [7, 11) is 0. The van der Waals surface area contributed by atoms with Crippen LogP contribution in [0.3, 0.4) is 0 Å². The fourth-order valence-electron chi connectivity index (χ4n) is 4.67. The van der Waals surface area contributed by atoms with E-state index in [0.29, 0.717) is 43.7 Å². The molecule has 39 heavy (non-hydrogen) atoms. The molecule has 4 N–H and O–H groups in total. The van der Waals surface area contributed by atoms with Crippen LogP contribution in [0.5, 0.6) is 0 Å². The van der Waals surface area contributed by atoms with Crippen molar-refractivity contribution in [3.8, 4) is 0 Å². The smallest absolute Gasteiger partial charge is 0.315 e. The van der Waals surface area contributed by atoms with E-state index in [2.05, 4.69) is 31.3 Å². The van der Waals surface area contributed by atoms with Gasteiger partial charge in [-0.25, -0.2) is 4.79 Å². The van der Waals surface area contributed by atoms with E-state index in [4.69, 9.17) is 10.3 Å². The van der Waals surface area contributed by atoms with Crippen LogP contribution in [-0.4, -0.2) is 67.2 Å². The quantitative estimate of drug-likeness (QED) is 0.0702. The third kappa shape index (κ3) is 8.64. The van der Waals surface area contributed by atoms with Gasteiger partial charge in [-0.1, -0.05) is 35.8 Å². The zero-order valence-electron chi connectivity index (χ0n) is 21.6. The van der Waals surface area contributed by atoms with Gasteiger partial charge in [0.05, 0.1) is 25.3 Å². The number of nitrogens with zero attached hydrogens (tertiary/aromatic N) is 3. The molecule has 2 aliphatic heterocycles. The van der Waals surface area contributed by atoms with Gasteiger partial charge in [0.2, 0.25) is 11.8 Å². The fraction of sp³-hybridized carbons (Fsp3) is 0.444. The highest BCUT2D eigenvalue weighted by atomic mass is 32.2. The number of azide groups is 1. The molecule has 2 fully saturated rings. The van der Waals surface area contributed by atoms with Crippen molar-refractivity contribution in [2.45, 2.75) is 43.0 Å². The van der Waals surface area contributed by atoms with Crippen LogP contribution in [0.2, 0.25) is 0 Å². The van der Waals surface area contributed by atoms with Gasteiger partial charge in [-0.15, -0.1) is 0 Å². The van der Waals surface area contributed by atoms with Crippen LogP contribution in [0.15, 0.2) is 47.6 Å². The summed E-state index contributed by atoms with van der Waals surface area (Å²) in [4.78, 5) is 38.3. The van der Waals surface area contributed by atoms with E-state index >= 15 is 0 Å². The molecular formula is C27H33N7O4S. The first-order chi connectivity index (χ1) is 19.0. The number of rotatable bonds is 14. The maximum Gasteiger partial charge on any atom is 0.315 e. The number of amides is 4. The third-order valence-corrected chi connectivity index (χ3v) is 8.14. The Morgan fingerprint density at radius 3 is 2.74 bits per heavy atom. The summed E-state index contributed by atoms with van der Waals surface area (Å²) in [5, 5.41) is 17.5. The van der Waals surface area contributed by atoms with Crippen molar-refractivity contribution < 1.29 is 19.1 Å². The lowest BCUT2D eigenvalue weighted by atomic mass is 10.0. The van der Waals surface area contributed by atoms with E-state index in [-0.39, 0.29) is 29.9 Å². The highest BCUT2D eigenvalue weighted by Crippen LogP contribution is 2.33. The van der Waals surface area contributed by atoms with Gasteiger partial charge in [-0.05, 0) is 52.9 Å². The Morgan fingerprint density at radius 1 is 1.10 bits per heavy atom. The number of benzene rings is 2. The van der Waals surface area contributed by atoms with Crippen molar-refractivity contribution in [1.29, 1.82) is 0 Å². The lowest BCUT2D eigenvalue weighted by molar-refractivity contribution is -0.121. The van der Waals surface area contributed by atoms with Gasteiger partial charge in [0, 0.05) is 47.2 Å². The van der Waals surface area contributed by atoms with Crippen molar-refractivity contribution in [3.63, 3.8) is 0 Å². The monoisotopic (exact) mass is 551 g/mol. The molecule has 0 bridgehead atoms. The zero-order valence-corrected chi connectivity index (χ0v) is 22.4. The lowest BCUT2D eigenvalue weighted by Gasteiger charge is -2.16. The predicted molar refractivity (Wildman–Crippen MR) is 153 cm³/mol. The number of carbonyl (C=O) groups is 3.